The standard InChI is InChI=1S/C26H23N7O5/c1-15-8-18(32-7-6-27-14-32)11-20-24(15)31-25(30-20)23-19(4-5-28-26(23)36)29-12-17(13-34)9-16-2-3-22(35)21(10-16)33(37)38/h2-8,10-12,14,17,34-35H,9,13H2,1H3,(H,28,36)(H,30,31). The molecule has 12 nitrogen and oxygen atoms in total. The average molecular weight is 514 g/mol. The van der Waals surface area contributed by atoms with E-state index in [9.17, 15) is 25.1 Å². The zero-order valence-corrected chi connectivity index (χ0v) is 20.2. The van der Waals surface area contributed by atoms with Crippen LogP contribution < -0.4 is 5.56 Å². The van der Waals surface area contributed by atoms with E-state index < -0.39 is 22.3 Å². The molecule has 0 aliphatic heterocycles. The molecule has 12 heteroatoms. The second-order valence-corrected chi connectivity index (χ2v) is 8.79. The van der Waals surface area contributed by atoms with E-state index in [2.05, 4.69) is 24.9 Å². The number of aliphatic hydroxyl groups excluding tert-OH is 1. The SMILES string of the molecule is Cc1cc(-n2ccnc2)cc2[nH]c(-c3c(N=CC(CO)Cc4ccc(O)c([N+](=O)[O-])c4)cc[nH]c3=O)nc12. The number of aromatic nitrogens is 5. The first-order chi connectivity index (χ1) is 18.3. The summed E-state index contributed by atoms with van der Waals surface area (Å²) < 4.78 is 1.87. The number of pyridine rings is 1. The van der Waals surface area contributed by atoms with Gasteiger partial charge in [-0.1, -0.05) is 6.07 Å². The number of nitro groups is 1. The number of aliphatic hydroxyl groups is 1. The van der Waals surface area contributed by atoms with Gasteiger partial charge in [0.05, 0.1) is 34.6 Å². The van der Waals surface area contributed by atoms with E-state index in [0.717, 1.165) is 16.8 Å². The Hall–Kier alpha value is -5.10. The van der Waals surface area contributed by atoms with Gasteiger partial charge in [0.15, 0.2) is 5.75 Å². The van der Waals surface area contributed by atoms with Crippen LogP contribution in [-0.2, 0) is 6.42 Å². The van der Waals surface area contributed by atoms with Gasteiger partial charge in [0.25, 0.3) is 5.56 Å². The van der Waals surface area contributed by atoms with Crippen LogP contribution in [0.4, 0.5) is 11.4 Å². The van der Waals surface area contributed by atoms with Gasteiger partial charge < -0.3 is 24.7 Å². The van der Waals surface area contributed by atoms with E-state index in [1.54, 1.807) is 24.7 Å². The highest BCUT2D eigenvalue weighted by molar-refractivity contribution is 5.86. The monoisotopic (exact) mass is 513 g/mol. The number of aliphatic imine (C=N–C) groups is 1. The first-order valence-corrected chi connectivity index (χ1v) is 11.7. The number of fused-ring (bicyclic) bond motifs is 1. The molecule has 0 spiro atoms. The maximum atomic E-state index is 12.9. The van der Waals surface area contributed by atoms with Crippen molar-refractivity contribution in [3.63, 3.8) is 0 Å². The molecule has 3 heterocycles. The van der Waals surface area contributed by atoms with Gasteiger partial charge >= 0.3 is 5.69 Å². The smallest absolute Gasteiger partial charge is 0.310 e. The Morgan fingerprint density at radius 2 is 2.11 bits per heavy atom. The van der Waals surface area contributed by atoms with Crippen LogP contribution in [0.25, 0.3) is 28.1 Å². The minimum atomic E-state index is -0.670. The summed E-state index contributed by atoms with van der Waals surface area (Å²) in [5, 5.41) is 30.7. The first-order valence-electron chi connectivity index (χ1n) is 11.7. The van der Waals surface area contributed by atoms with Gasteiger partial charge in [0.1, 0.15) is 11.4 Å². The molecule has 0 aliphatic rings. The molecule has 192 valence electrons. The fourth-order valence-electron chi connectivity index (χ4n) is 4.25. The highest BCUT2D eigenvalue weighted by Gasteiger charge is 2.18. The number of H-pyrrole nitrogens is 2. The van der Waals surface area contributed by atoms with Gasteiger partial charge in [0.2, 0.25) is 0 Å². The number of hydrogen-bond donors (Lipinski definition) is 4. The van der Waals surface area contributed by atoms with E-state index in [1.165, 1.54) is 24.5 Å². The van der Waals surface area contributed by atoms with Crippen LogP contribution in [0.5, 0.6) is 5.75 Å². The molecule has 38 heavy (non-hydrogen) atoms. The van der Waals surface area contributed by atoms with Crippen LogP contribution in [0.2, 0.25) is 0 Å². The minimum absolute atomic E-state index is 0.237. The maximum Gasteiger partial charge on any atom is 0.310 e. The lowest BCUT2D eigenvalue weighted by Gasteiger charge is -2.10. The molecule has 1 unspecified atom stereocenters. The molecule has 0 aliphatic carbocycles. The predicted octanol–water partition coefficient (Wildman–Crippen LogP) is 3.58. The molecular weight excluding hydrogens is 490 g/mol. The summed E-state index contributed by atoms with van der Waals surface area (Å²) in [4.78, 5) is 42.4. The van der Waals surface area contributed by atoms with Crippen LogP contribution in [-0.4, -0.2) is 52.5 Å². The Morgan fingerprint density at radius 1 is 1.26 bits per heavy atom. The maximum absolute atomic E-state index is 12.9. The van der Waals surface area contributed by atoms with Crippen molar-refractivity contribution < 1.29 is 15.1 Å². The van der Waals surface area contributed by atoms with Crippen molar-refractivity contribution in [3.8, 4) is 22.8 Å². The Labute approximate surface area is 215 Å². The van der Waals surface area contributed by atoms with E-state index in [0.29, 0.717) is 22.6 Å². The lowest BCUT2D eigenvalue weighted by atomic mass is 10.0. The quantitative estimate of drug-likeness (QED) is 0.139. The Morgan fingerprint density at radius 3 is 2.84 bits per heavy atom. The summed E-state index contributed by atoms with van der Waals surface area (Å²) in [6.45, 7) is 1.65. The van der Waals surface area contributed by atoms with Gasteiger partial charge in [-0.15, -0.1) is 0 Å². The predicted molar refractivity (Wildman–Crippen MR) is 141 cm³/mol. The van der Waals surface area contributed by atoms with Gasteiger partial charge in [0, 0.05) is 42.5 Å². The number of imidazole rings is 2. The van der Waals surface area contributed by atoms with Crippen LogP contribution in [0.15, 0.2) is 71.1 Å². The molecule has 3 aromatic heterocycles. The summed E-state index contributed by atoms with van der Waals surface area (Å²) in [7, 11) is 0. The fourth-order valence-corrected chi connectivity index (χ4v) is 4.25. The third kappa shape index (κ3) is 4.80. The Kier molecular flexibility index (Phi) is 6.54. The molecule has 1 atom stereocenters. The number of aryl methyl sites for hydroxylation is 1. The van der Waals surface area contributed by atoms with E-state index in [1.807, 2.05) is 29.8 Å². The zero-order valence-electron chi connectivity index (χ0n) is 20.2. The second-order valence-electron chi connectivity index (χ2n) is 8.79. The normalized spacial score (nSPS) is 12.4. The number of phenols is 1. The molecule has 0 radical (unpaired) electrons. The van der Waals surface area contributed by atoms with Crippen LogP contribution >= 0.6 is 0 Å². The number of rotatable bonds is 8. The van der Waals surface area contributed by atoms with Gasteiger partial charge in [-0.05, 0) is 48.7 Å². The number of aromatic amines is 2. The molecule has 4 N–H and O–H groups in total. The highest BCUT2D eigenvalue weighted by Crippen LogP contribution is 2.30. The molecule has 0 saturated heterocycles. The zero-order chi connectivity index (χ0) is 26.8. The van der Waals surface area contributed by atoms with Crippen molar-refractivity contribution in [3.05, 3.63) is 92.9 Å². The molecule has 0 bridgehead atoms. The second kappa shape index (κ2) is 10.1. The number of aromatic hydroxyl groups is 1. The molecule has 0 saturated carbocycles. The minimum Gasteiger partial charge on any atom is -0.502 e. The fraction of sp³-hybridized carbons (Fsp3) is 0.154. The molecular formula is C26H23N7O5. The highest BCUT2D eigenvalue weighted by atomic mass is 16.6. The van der Waals surface area contributed by atoms with Gasteiger partial charge in [-0.3, -0.25) is 19.9 Å². The Balaban J connectivity index is 1.48. The lowest BCUT2D eigenvalue weighted by Crippen LogP contribution is -2.12. The third-order valence-electron chi connectivity index (χ3n) is 6.13. The van der Waals surface area contributed by atoms with Crippen LogP contribution in [0.3, 0.4) is 0 Å². The number of nitrogens with one attached hydrogen (secondary N) is 2. The molecule has 2 aromatic carbocycles. The van der Waals surface area contributed by atoms with E-state index in [-0.39, 0.29) is 24.2 Å². The summed E-state index contributed by atoms with van der Waals surface area (Å²) in [5.41, 5.74) is 3.58. The number of nitro benzene ring substituents is 1. The first kappa shape index (κ1) is 24.6. The number of hydrogen-bond acceptors (Lipinski definition) is 8. The summed E-state index contributed by atoms with van der Waals surface area (Å²) in [6.07, 6.45) is 8.43. The summed E-state index contributed by atoms with van der Waals surface area (Å²) >= 11 is 0. The van der Waals surface area contributed by atoms with Crippen molar-refractivity contribution in [2.75, 3.05) is 6.61 Å². The van der Waals surface area contributed by atoms with Crippen molar-refractivity contribution in [2.24, 2.45) is 10.9 Å². The number of benzene rings is 2. The molecule has 0 fully saturated rings. The Bertz CT molecular complexity index is 1720. The van der Waals surface area contributed by atoms with Crippen molar-refractivity contribution in [2.45, 2.75) is 13.3 Å². The topological polar surface area (TPSA) is 175 Å². The van der Waals surface area contributed by atoms with Gasteiger partial charge in [-0.25, -0.2) is 9.97 Å². The van der Waals surface area contributed by atoms with Crippen molar-refractivity contribution in [1.29, 1.82) is 0 Å². The van der Waals surface area contributed by atoms with Crippen LogP contribution in [0, 0.1) is 23.0 Å². The summed E-state index contributed by atoms with van der Waals surface area (Å²) in [6, 6.07) is 9.58. The molecule has 5 aromatic rings. The molecule has 0 amide bonds. The average Bonchev–Trinajstić information content (AvgIpc) is 3.58. The van der Waals surface area contributed by atoms with E-state index >= 15 is 0 Å². The van der Waals surface area contributed by atoms with Crippen LogP contribution in [0.1, 0.15) is 11.1 Å². The van der Waals surface area contributed by atoms with Crippen molar-refractivity contribution in [1.82, 2.24) is 24.5 Å². The lowest BCUT2D eigenvalue weighted by molar-refractivity contribution is -0.385. The van der Waals surface area contributed by atoms with Crippen molar-refractivity contribution >= 4 is 28.6 Å². The number of phenolic OH excluding ortho intramolecular Hbond substituents is 1. The third-order valence-corrected chi connectivity index (χ3v) is 6.13. The van der Waals surface area contributed by atoms with Gasteiger partial charge in [-0.2, -0.15) is 0 Å². The van der Waals surface area contributed by atoms with E-state index in [4.69, 9.17) is 0 Å². The summed E-state index contributed by atoms with van der Waals surface area (Å²) in [5.74, 6) is -0.587. The largest absolute Gasteiger partial charge is 0.502 e. The number of nitrogens with zero attached hydrogens (tertiary/aromatic N) is 5. The molecule has 5 rings (SSSR count).